The van der Waals surface area contributed by atoms with Crippen molar-refractivity contribution in [1.29, 1.82) is 0 Å². The molecule has 356 valence electrons. The summed E-state index contributed by atoms with van der Waals surface area (Å²) in [6, 6.07) is 0. The Kier molecular flexibility index (Phi) is 38.8. The Morgan fingerprint density at radius 1 is 0.550 bits per heavy atom. The first-order valence-corrected chi connectivity index (χ1v) is 26.3. The van der Waals surface area contributed by atoms with Crippen LogP contribution in [0.15, 0.2) is 0 Å². The number of carbonyl (C=O) groups is 3. The molecule has 0 aromatic heterocycles. The highest BCUT2D eigenvalue weighted by atomic mass is 16.5. The second-order valence-electron chi connectivity index (χ2n) is 18.5. The van der Waals surface area contributed by atoms with Crippen LogP contribution in [-0.4, -0.2) is 74.8 Å². The summed E-state index contributed by atoms with van der Waals surface area (Å²) in [6.45, 7) is 13.5. The summed E-state index contributed by atoms with van der Waals surface area (Å²) in [5.74, 6) is 0.851. The fraction of sp³-hybridized carbons (Fsp3) is 0.942. The minimum atomic E-state index is -0.0244. The van der Waals surface area contributed by atoms with Crippen molar-refractivity contribution < 1.29 is 30.0 Å². The maximum Gasteiger partial charge on any atom is 0.306 e. The molecule has 0 saturated heterocycles. The minimum Gasteiger partial charge on any atom is -0.466 e. The van der Waals surface area contributed by atoms with Crippen molar-refractivity contribution in [2.45, 2.75) is 265 Å². The Morgan fingerprint density at radius 3 is 1.53 bits per heavy atom. The van der Waals surface area contributed by atoms with Crippen LogP contribution in [0.25, 0.3) is 0 Å². The van der Waals surface area contributed by atoms with Gasteiger partial charge >= 0.3 is 11.9 Å². The van der Waals surface area contributed by atoms with Gasteiger partial charge in [0.2, 0.25) is 5.91 Å². The van der Waals surface area contributed by atoms with Crippen molar-refractivity contribution in [3.8, 4) is 0 Å². The number of rotatable bonds is 46. The minimum absolute atomic E-state index is 0. The van der Waals surface area contributed by atoms with E-state index in [0.29, 0.717) is 31.9 Å². The van der Waals surface area contributed by atoms with Gasteiger partial charge in [0.1, 0.15) is 6.10 Å². The maximum absolute atomic E-state index is 12.9. The molecular weight excluding hydrogens is 749 g/mol. The highest BCUT2D eigenvalue weighted by Gasteiger charge is 2.43. The van der Waals surface area contributed by atoms with Gasteiger partial charge in [-0.15, -0.1) is 0 Å². The third-order valence-corrected chi connectivity index (χ3v) is 12.8. The predicted molar refractivity (Wildman–Crippen MR) is 254 cm³/mol. The number of unbranched alkanes of at least 4 members (excludes halogenated alkanes) is 20. The van der Waals surface area contributed by atoms with Crippen LogP contribution in [0.3, 0.4) is 0 Å². The van der Waals surface area contributed by atoms with Gasteiger partial charge < -0.3 is 24.4 Å². The first-order valence-electron chi connectivity index (χ1n) is 26.3. The molecule has 0 aliphatic heterocycles. The Balaban J connectivity index is 0.0000360. The Hall–Kier alpha value is -1.67. The lowest BCUT2D eigenvalue weighted by atomic mass is 9.93. The molecule has 1 fully saturated rings. The lowest BCUT2D eigenvalue weighted by molar-refractivity contribution is -0.150. The summed E-state index contributed by atoms with van der Waals surface area (Å²) in [5.41, 5.74) is 0. The molecule has 0 aromatic carbocycles. The first kappa shape index (κ1) is 56.3. The summed E-state index contributed by atoms with van der Waals surface area (Å²) in [7, 11) is 1.68. The van der Waals surface area contributed by atoms with Crippen molar-refractivity contribution in [2.75, 3.05) is 39.9 Å². The zero-order valence-electron chi connectivity index (χ0n) is 40.5. The second-order valence-corrected chi connectivity index (χ2v) is 18.5. The topological polar surface area (TPSA) is 94.2 Å². The average Bonchev–Trinajstić information content (AvgIpc) is 4.05. The van der Waals surface area contributed by atoms with E-state index >= 15 is 0 Å². The fourth-order valence-electron chi connectivity index (χ4n) is 8.60. The van der Waals surface area contributed by atoms with Gasteiger partial charge in [0.15, 0.2) is 0 Å². The van der Waals surface area contributed by atoms with Crippen LogP contribution in [0.1, 0.15) is 254 Å². The molecular formula is C52H102N2O6. The lowest BCUT2D eigenvalue weighted by Gasteiger charge is -2.22. The largest absolute Gasteiger partial charge is 0.466 e. The van der Waals surface area contributed by atoms with Crippen LogP contribution >= 0.6 is 0 Å². The number of nitrogens with zero attached hydrogens (tertiary/aromatic N) is 1. The highest BCUT2D eigenvalue weighted by Crippen LogP contribution is 2.33. The van der Waals surface area contributed by atoms with Crippen molar-refractivity contribution in [3.05, 3.63) is 0 Å². The number of amides is 1. The fourth-order valence-corrected chi connectivity index (χ4v) is 8.60. The zero-order chi connectivity index (χ0) is 43.7. The molecule has 1 saturated carbocycles. The third kappa shape index (κ3) is 33.9. The van der Waals surface area contributed by atoms with Crippen LogP contribution < -0.4 is 5.32 Å². The number of hydrogen-bond donors (Lipinski definition) is 1. The van der Waals surface area contributed by atoms with Gasteiger partial charge in [0.25, 0.3) is 0 Å². The molecule has 0 radical (unpaired) electrons. The van der Waals surface area contributed by atoms with Crippen molar-refractivity contribution in [2.24, 2.45) is 11.8 Å². The quantitative estimate of drug-likeness (QED) is 0.0481. The van der Waals surface area contributed by atoms with Crippen molar-refractivity contribution >= 4 is 17.8 Å². The molecule has 1 aliphatic carbocycles. The Bertz CT molecular complexity index is 977. The SMILES string of the molecule is CCCCCCCCC(CCCCCCCC)OC(=O)CCCCCCCN(CCCCCCCC(=O)OCCC(CCCC)CCCC)CCCNC(=O)C1CC1OC.[HH]. The summed E-state index contributed by atoms with van der Waals surface area (Å²) < 4.78 is 17.0. The van der Waals surface area contributed by atoms with Crippen molar-refractivity contribution in [1.82, 2.24) is 10.2 Å². The van der Waals surface area contributed by atoms with E-state index in [9.17, 15) is 14.4 Å². The first-order chi connectivity index (χ1) is 29.4. The lowest BCUT2D eigenvalue weighted by Crippen LogP contribution is -2.32. The standard InChI is InChI=1S/C52H100N2O6.H2/c1-6-10-14-16-20-26-35-47(36-27-21-17-15-11-7-2)60-51(56)38-29-23-19-25-31-42-54(43-32-40-53-52(57)48-45-49(48)58-5)41-30-24-18-22-28-37-50(55)59-44-39-46(33-12-8-3)34-13-9-4;/h46-49H,6-45H2,1-5H3,(H,53,57);1H. The zero-order valence-corrected chi connectivity index (χ0v) is 40.5. The monoisotopic (exact) mass is 851 g/mol. The second kappa shape index (κ2) is 41.3. The van der Waals surface area contributed by atoms with Crippen LogP contribution in [0.5, 0.6) is 0 Å². The number of hydrogen-bond acceptors (Lipinski definition) is 7. The summed E-state index contributed by atoms with van der Waals surface area (Å²) in [5, 5.41) is 3.13. The molecule has 0 spiro atoms. The van der Waals surface area contributed by atoms with E-state index in [4.69, 9.17) is 14.2 Å². The molecule has 60 heavy (non-hydrogen) atoms. The van der Waals surface area contributed by atoms with Gasteiger partial charge in [-0.25, -0.2) is 0 Å². The molecule has 8 heteroatoms. The average molecular weight is 851 g/mol. The van der Waals surface area contributed by atoms with Gasteiger partial charge in [-0.2, -0.15) is 0 Å². The number of nitrogens with one attached hydrogen (secondary N) is 1. The number of esters is 2. The molecule has 1 amide bonds. The van der Waals surface area contributed by atoms with Crippen LogP contribution in [0.4, 0.5) is 0 Å². The van der Waals surface area contributed by atoms with Gasteiger partial charge in [0.05, 0.1) is 18.6 Å². The molecule has 0 heterocycles. The van der Waals surface area contributed by atoms with Crippen LogP contribution in [0.2, 0.25) is 0 Å². The molecule has 2 atom stereocenters. The highest BCUT2D eigenvalue weighted by molar-refractivity contribution is 5.82. The van der Waals surface area contributed by atoms with Gasteiger partial charge in [-0.3, -0.25) is 14.4 Å². The summed E-state index contributed by atoms with van der Waals surface area (Å²) in [4.78, 5) is 40.2. The maximum atomic E-state index is 12.9. The number of carbonyl (C=O) groups excluding carboxylic acids is 3. The van der Waals surface area contributed by atoms with Crippen molar-refractivity contribution in [3.63, 3.8) is 0 Å². The van der Waals surface area contributed by atoms with E-state index < -0.39 is 0 Å². The number of methoxy groups -OCH3 is 1. The van der Waals surface area contributed by atoms with Gasteiger partial charge in [0, 0.05) is 27.9 Å². The smallest absolute Gasteiger partial charge is 0.306 e. The molecule has 1 N–H and O–H groups in total. The van der Waals surface area contributed by atoms with E-state index in [-0.39, 0.29) is 37.4 Å². The molecule has 2 unspecified atom stereocenters. The molecule has 8 nitrogen and oxygen atoms in total. The van der Waals surface area contributed by atoms with E-state index in [0.717, 1.165) is 103 Å². The van der Waals surface area contributed by atoms with E-state index in [1.165, 1.54) is 128 Å². The molecule has 1 aliphatic rings. The van der Waals surface area contributed by atoms with Crippen LogP contribution in [-0.2, 0) is 28.6 Å². The van der Waals surface area contributed by atoms with Gasteiger partial charge in [-0.1, -0.05) is 169 Å². The van der Waals surface area contributed by atoms with E-state index in [1.54, 1.807) is 7.11 Å². The van der Waals surface area contributed by atoms with E-state index in [1.807, 2.05) is 0 Å². The van der Waals surface area contributed by atoms with E-state index in [2.05, 4.69) is 37.9 Å². The summed E-state index contributed by atoms with van der Waals surface area (Å²) >= 11 is 0. The van der Waals surface area contributed by atoms with Crippen LogP contribution in [0, 0.1) is 11.8 Å². The third-order valence-electron chi connectivity index (χ3n) is 12.8. The molecule has 0 bridgehead atoms. The predicted octanol–water partition coefficient (Wildman–Crippen LogP) is 14.1. The normalized spacial score (nSPS) is 15.0. The molecule has 1 rings (SSSR count). The Labute approximate surface area is 373 Å². The Morgan fingerprint density at radius 2 is 1.02 bits per heavy atom. The molecule has 0 aromatic rings. The number of ether oxygens (including phenoxy) is 3. The summed E-state index contributed by atoms with van der Waals surface area (Å²) in [6.07, 6.45) is 40.0. The van der Waals surface area contributed by atoms with Gasteiger partial charge in [-0.05, 0) is 96.2 Å².